The lowest BCUT2D eigenvalue weighted by atomic mass is 9.92. The van der Waals surface area contributed by atoms with E-state index >= 15 is 4.39 Å². The number of hydrogen-bond donors (Lipinski definition) is 1. The Kier molecular flexibility index (Phi) is 5.96. The van der Waals surface area contributed by atoms with Crippen molar-refractivity contribution in [3.63, 3.8) is 0 Å². The number of nitrogens with zero attached hydrogens (tertiary/aromatic N) is 6. The van der Waals surface area contributed by atoms with E-state index in [0.29, 0.717) is 10.8 Å². The van der Waals surface area contributed by atoms with Crippen LogP contribution in [0.25, 0.3) is 16.2 Å². The first-order valence-electron chi connectivity index (χ1n) is 11.0. The third-order valence-electron chi connectivity index (χ3n) is 6.09. The van der Waals surface area contributed by atoms with Crippen LogP contribution in [0.5, 0.6) is 0 Å². The molecule has 5 rings (SSSR count). The molecule has 0 saturated carbocycles. The molecule has 0 atom stereocenters. The third kappa shape index (κ3) is 4.19. The SMILES string of the molecule is CN(C)c1ccc(CC(=O)C2CN(c3nc4c(cc3F)c(=O)c(C(=O)O)cn4-c3nccs3)C2)nc1. The number of Topliss-reactive ketones (excluding diaryl/α,β-unsaturated/α-hetero) is 1. The van der Waals surface area contributed by atoms with Gasteiger partial charge in [0.2, 0.25) is 5.43 Å². The number of aromatic carboxylic acids is 1. The quantitative estimate of drug-likeness (QED) is 0.401. The number of fused-ring (bicyclic) bond motifs is 1. The number of carboxylic acid groups (broad SMARTS) is 1. The molecule has 1 aliphatic heterocycles. The largest absolute Gasteiger partial charge is 0.477 e. The fourth-order valence-electron chi connectivity index (χ4n) is 4.03. The smallest absolute Gasteiger partial charge is 0.341 e. The fraction of sp³-hybridized carbons (Fsp3) is 0.250. The summed E-state index contributed by atoms with van der Waals surface area (Å²) in [6.07, 6.45) is 4.57. The number of carbonyl (C=O) groups is 2. The highest BCUT2D eigenvalue weighted by atomic mass is 32.1. The standard InChI is InChI=1S/C24H21FN6O4S/c1-29(2)15-4-3-14(27-9-15)7-19(32)13-10-30(11-13)22-18(25)8-16-20(33)17(23(34)35)12-31(21(16)28-22)24-26-5-6-36-24/h3-6,8-9,12-13H,7,10-11H2,1-2H3,(H,34,35). The van der Waals surface area contributed by atoms with Crippen molar-refractivity contribution in [2.75, 3.05) is 37.0 Å². The fourth-order valence-corrected chi connectivity index (χ4v) is 4.65. The molecule has 12 heteroatoms. The molecular weight excluding hydrogens is 487 g/mol. The van der Waals surface area contributed by atoms with E-state index in [4.69, 9.17) is 0 Å². The Balaban J connectivity index is 1.40. The number of carbonyl (C=O) groups excluding carboxylic acids is 1. The van der Waals surface area contributed by atoms with Gasteiger partial charge < -0.3 is 14.9 Å². The molecule has 0 spiro atoms. The van der Waals surface area contributed by atoms with Crippen LogP contribution in [0.3, 0.4) is 0 Å². The first-order chi connectivity index (χ1) is 17.2. The predicted octanol–water partition coefficient (Wildman–Crippen LogP) is 2.39. The van der Waals surface area contributed by atoms with Crippen molar-refractivity contribution in [1.82, 2.24) is 19.5 Å². The number of ketones is 1. The van der Waals surface area contributed by atoms with Crippen LogP contribution in [-0.4, -0.2) is 63.6 Å². The van der Waals surface area contributed by atoms with E-state index in [-0.39, 0.29) is 48.1 Å². The summed E-state index contributed by atoms with van der Waals surface area (Å²) in [4.78, 5) is 53.5. The summed E-state index contributed by atoms with van der Waals surface area (Å²) in [5, 5.41) is 11.4. The lowest BCUT2D eigenvalue weighted by Gasteiger charge is -2.39. The van der Waals surface area contributed by atoms with Gasteiger partial charge in [0.15, 0.2) is 22.4 Å². The predicted molar refractivity (Wildman–Crippen MR) is 133 cm³/mol. The summed E-state index contributed by atoms with van der Waals surface area (Å²) in [6, 6.07) is 4.72. The van der Waals surface area contributed by atoms with Gasteiger partial charge in [0.1, 0.15) is 11.3 Å². The van der Waals surface area contributed by atoms with E-state index in [1.165, 1.54) is 22.1 Å². The van der Waals surface area contributed by atoms with Crippen LogP contribution in [0.2, 0.25) is 0 Å². The van der Waals surface area contributed by atoms with Gasteiger partial charge in [-0.15, -0.1) is 11.3 Å². The average molecular weight is 509 g/mol. The summed E-state index contributed by atoms with van der Waals surface area (Å²) in [6.45, 7) is 0.553. The average Bonchev–Trinajstić information content (AvgIpc) is 3.34. The van der Waals surface area contributed by atoms with E-state index in [2.05, 4.69) is 15.0 Å². The zero-order valence-corrected chi connectivity index (χ0v) is 20.2. The first kappa shape index (κ1) is 23.5. The van der Waals surface area contributed by atoms with Gasteiger partial charge in [-0.05, 0) is 18.2 Å². The Labute approximate surface area is 208 Å². The van der Waals surface area contributed by atoms with Gasteiger partial charge in [0, 0.05) is 57.1 Å². The second-order valence-electron chi connectivity index (χ2n) is 8.67. The number of anilines is 2. The summed E-state index contributed by atoms with van der Waals surface area (Å²) in [5.74, 6) is -2.49. The van der Waals surface area contributed by atoms with E-state index in [0.717, 1.165) is 18.0 Å². The normalized spacial score (nSPS) is 13.6. The molecule has 4 aromatic rings. The van der Waals surface area contributed by atoms with Crippen LogP contribution in [0.1, 0.15) is 16.1 Å². The number of rotatable bonds is 7. The molecular formula is C24H21FN6O4S. The maximum Gasteiger partial charge on any atom is 0.341 e. The van der Waals surface area contributed by atoms with Gasteiger partial charge in [0.05, 0.1) is 23.2 Å². The molecule has 5 heterocycles. The van der Waals surface area contributed by atoms with E-state index in [1.807, 2.05) is 31.1 Å². The van der Waals surface area contributed by atoms with Crippen LogP contribution in [0.4, 0.5) is 15.9 Å². The number of aromatic nitrogens is 4. The second-order valence-corrected chi connectivity index (χ2v) is 9.55. The molecule has 1 aliphatic rings. The maximum absolute atomic E-state index is 15.0. The Hall–Kier alpha value is -4.19. The maximum atomic E-state index is 15.0. The van der Waals surface area contributed by atoms with Crippen LogP contribution in [-0.2, 0) is 11.2 Å². The number of thiazole rings is 1. The van der Waals surface area contributed by atoms with Crippen LogP contribution in [0.15, 0.2) is 47.0 Å². The molecule has 0 unspecified atom stereocenters. The number of pyridine rings is 3. The lowest BCUT2D eigenvalue weighted by Crippen LogP contribution is -2.51. The van der Waals surface area contributed by atoms with Crippen molar-refractivity contribution >= 4 is 45.6 Å². The van der Waals surface area contributed by atoms with Crippen LogP contribution >= 0.6 is 11.3 Å². The topological polar surface area (TPSA) is 122 Å². The molecule has 1 fully saturated rings. The minimum Gasteiger partial charge on any atom is -0.477 e. The summed E-state index contributed by atoms with van der Waals surface area (Å²) in [5.41, 5.74) is 0.365. The van der Waals surface area contributed by atoms with Gasteiger partial charge in [0.25, 0.3) is 0 Å². The molecule has 1 saturated heterocycles. The van der Waals surface area contributed by atoms with Crippen molar-refractivity contribution in [3.8, 4) is 5.13 Å². The van der Waals surface area contributed by atoms with Crippen molar-refractivity contribution in [2.45, 2.75) is 6.42 Å². The van der Waals surface area contributed by atoms with Crippen molar-refractivity contribution in [1.29, 1.82) is 0 Å². The number of hydrogen-bond acceptors (Lipinski definition) is 9. The lowest BCUT2D eigenvalue weighted by molar-refractivity contribution is -0.123. The number of carboxylic acids is 1. The molecule has 1 N–H and O–H groups in total. The molecule has 184 valence electrons. The molecule has 4 aromatic heterocycles. The van der Waals surface area contributed by atoms with Crippen molar-refractivity contribution in [3.05, 3.63) is 69.5 Å². The Bertz CT molecular complexity index is 1530. The summed E-state index contributed by atoms with van der Waals surface area (Å²) < 4.78 is 16.4. The highest BCUT2D eigenvalue weighted by molar-refractivity contribution is 7.12. The minimum absolute atomic E-state index is 0.00310. The Morgan fingerprint density at radius 3 is 2.64 bits per heavy atom. The van der Waals surface area contributed by atoms with Gasteiger partial charge >= 0.3 is 5.97 Å². The molecule has 0 bridgehead atoms. The van der Waals surface area contributed by atoms with E-state index in [1.54, 1.807) is 16.5 Å². The highest BCUT2D eigenvalue weighted by Crippen LogP contribution is 2.29. The van der Waals surface area contributed by atoms with Gasteiger partial charge in [-0.25, -0.2) is 19.2 Å². The first-order valence-corrected chi connectivity index (χ1v) is 11.9. The van der Waals surface area contributed by atoms with Crippen LogP contribution < -0.4 is 15.2 Å². The molecule has 0 aromatic carbocycles. The van der Waals surface area contributed by atoms with Crippen molar-refractivity contribution < 1.29 is 19.1 Å². The van der Waals surface area contributed by atoms with Crippen molar-refractivity contribution in [2.24, 2.45) is 5.92 Å². The molecule has 0 aliphatic carbocycles. The van der Waals surface area contributed by atoms with Crippen LogP contribution in [0, 0.1) is 11.7 Å². The molecule has 10 nitrogen and oxygen atoms in total. The zero-order valence-electron chi connectivity index (χ0n) is 19.4. The minimum atomic E-state index is -1.42. The summed E-state index contributed by atoms with van der Waals surface area (Å²) >= 11 is 1.22. The van der Waals surface area contributed by atoms with Gasteiger partial charge in [-0.3, -0.25) is 19.1 Å². The monoisotopic (exact) mass is 508 g/mol. The number of halogens is 1. The summed E-state index contributed by atoms with van der Waals surface area (Å²) in [7, 11) is 3.82. The van der Waals surface area contributed by atoms with Gasteiger partial charge in [-0.2, -0.15) is 0 Å². The van der Waals surface area contributed by atoms with E-state index in [9.17, 15) is 19.5 Å². The Morgan fingerprint density at radius 2 is 2.03 bits per heavy atom. The molecule has 36 heavy (non-hydrogen) atoms. The second kappa shape index (κ2) is 9.11. The molecule has 0 radical (unpaired) electrons. The zero-order chi connectivity index (χ0) is 25.6. The Morgan fingerprint density at radius 1 is 1.25 bits per heavy atom. The third-order valence-corrected chi connectivity index (χ3v) is 6.86. The molecule has 0 amide bonds. The van der Waals surface area contributed by atoms with E-state index < -0.39 is 22.8 Å². The highest BCUT2D eigenvalue weighted by Gasteiger charge is 2.35. The van der Waals surface area contributed by atoms with Gasteiger partial charge in [-0.1, -0.05) is 0 Å².